The highest BCUT2D eigenvalue weighted by atomic mass is 35.5. The van der Waals surface area contributed by atoms with Crippen molar-refractivity contribution in [3.8, 4) is 11.4 Å². The standard InChI is InChI=1S/C18H17ClN4O2S/c1-2-11-22-17(14-5-7-15(19)8-6-14)20-21-18(22)26-12-13-3-9-16(10-4-13)23(24)25/h3-10H,2,11-12H2,1H3. The number of halogens is 1. The van der Waals surface area contributed by atoms with Gasteiger partial charge in [-0.1, -0.05) is 42.4 Å². The van der Waals surface area contributed by atoms with Crippen LogP contribution >= 0.6 is 23.4 Å². The fraction of sp³-hybridized carbons (Fsp3) is 0.222. The van der Waals surface area contributed by atoms with Crippen molar-refractivity contribution in [2.45, 2.75) is 30.8 Å². The zero-order valence-corrected chi connectivity index (χ0v) is 15.7. The summed E-state index contributed by atoms with van der Waals surface area (Å²) in [6.45, 7) is 2.92. The quantitative estimate of drug-likeness (QED) is 0.315. The molecule has 0 atom stereocenters. The molecule has 26 heavy (non-hydrogen) atoms. The number of non-ortho nitro benzene ring substituents is 1. The zero-order chi connectivity index (χ0) is 18.5. The monoisotopic (exact) mass is 388 g/mol. The topological polar surface area (TPSA) is 73.8 Å². The first kappa shape index (κ1) is 18.4. The maximum Gasteiger partial charge on any atom is 0.269 e. The van der Waals surface area contributed by atoms with Gasteiger partial charge in [0, 0.05) is 35.0 Å². The van der Waals surface area contributed by atoms with Crippen molar-refractivity contribution in [1.82, 2.24) is 14.8 Å². The summed E-state index contributed by atoms with van der Waals surface area (Å²) in [4.78, 5) is 10.3. The van der Waals surface area contributed by atoms with Crippen molar-refractivity contribution >= 4 is 29.1 Å². The van der Waals surface area contributed by atoms with E-state index in [0.29, 0.717) is 10.8 Å². The van der Waals surface area contributed by atoms with Crippen LogP contribution in [0.4, 0.5) is 5.69 Å². The van der Waals surface area contributed by atoms with Gasteiger partial charge in [0.1, 0.15) is 0 Å². The summed E-state index contributed by atoms with van der Waals surface area (Å²) in [5, 5.41) is 20.9. The summed E-state index contributed by atoms with van der Waals surface area (Å²) in [5.74, 6) is 1.48. The predicted octanol–water partition coefficient (Wildman–Crippen LogP) is 5.21. The highest BCUT2D eigenvalue weighted by Crippen LogP contribution is 2.28. The molecule has 0 N–H and O–H groups in total. The zero-order valence-electron chi connectivity index (χ0n) is 14.1. The Morgan fingerprint density at radius 3 is 2.42 bits per heavy atom. The van der Waals surface area contributed by atoms with E-state index in [9.17, 15) is 10.1 Å². The number of thioether (sulfide) groups is 1. The lowest BCUT2D eigenvalue weighted by molar-refractivity contribution is -0.384. The number of hydrogen-bond donors (Lipinski definition) is 0. The first-order valence-corrected chi connectivity index (χ1v) is 9.50. The van der Waals surface area contributed by atoms with Gasteiger partial charge in [-0.15, -0.1) is 10.2 Å². The largest absolute Gasteiger partial charge is 0.302 e. The second-order valence-corrected chi connectivity index (χ2v) is 7.06. The molecule has 0 aliphatic rings. The number of benzene rings is 2. The van der Waals surface area contributed by atoms with Crippen molar-refractivity contribution in [2.75, 3.05) is 0 Å². The Kier molecular flexibility index (Phi) is 5.90. The molecule has 3 rings (SSSR count). The Bertz CT molecular complexity index is 895. The Hall–Kier alpha value is -2.38. The van der Waals surface area contributed by atoms with Crippen molar-refractivity contribution < 1.29 is 4.92 Å². The minimum atomic E-state index is -0.396. The van der Waals surface area contributed by atoms with Gasteiger partial charge in [-0.2, -0.15) is 0 Å². The first-order chi connectivity index (χ1) is 12.6. The van der Waals surface area contributed by atoms with E-state index in [4.69, 9.17) is 11.6 Å². The predicted molar refractivity (Wildman–Crippen MR) is 103 cm³/mol. The third-order valence-corrected chi connectivity index (χ3v) is 5.07. The van der Waals surface area contributed by atoms with Crippen molar-refractivity contribution in [2.24, 2.45) is 0 Å². The second-order valence-electron chi connectivity index (χ2n) is 5.68. The van der Waals surface area contributed by atoms with Gasteiger partial charge >= 0.3 is 0 Å². The Morgan fingerprint density at radius 2 is 1.81 bits per heavy atom. The summed E-state index contributed by atoms with van der Waals surface area (Å²) >= 11 is 7.53. The van der Waals surface area contributed by atoms with Crippen LogP contribution in [0.5, 0.6) is 0 Å². The minimum Gasteiger partial charge on any atom is -0.302 e. The number of nitrogens with zero attached hydrogens (tertiary/aromatic N) is 4. The van der Waals surface area contributed by atoms with E-state index in [2.05, 4.69) is 21.7 Å². The van der Waals surface area contributed by atoms with Crippen LogP contribution in [0.2, 0.25) is 5.02 Å². The van der Waals surface area contributed by atoms with E-state index in [1.165, 1.54) is 12.1 Å². The van der Waals surface area contributed by atoms with E-state index in [0.717, 1.165) is 35.1 Å². The molecule has 0 amide bonds. The molecule has 0 aliphatic carbocycles. The number of nitro benzene ring substituents is 1. The molecule has 3 aromatic rings. The van der Waals surface area contributed by atoms with Crippen molar-refractivity contribution in [3.63, 3.8) is 0 Å². The van der Waals surface area contributed by atoms with Crippen LogP contribution < -0.4 is 0 Å². The van der Waals surface area contributed by atoms with Gasteiger partial charge in [0.15, 0.2) is 11.0 Å². The van der Waals surface area contributed by atoms with Crippen molar-refractivity contribution in [1.29, 1.82) is 0 Å². The molecule has 8 heteroatoms. The third-order valence-electron chi connectivity index (χ3n) is 3.78. The lowest BCUT2D eigenvalue weighted by Crippen LogP contribution is -2.02. The lowest BCUT2D eigenvalue weighted by Gasteiger charge is -2.09. The average Bonchev–Trinajstić information content (AvgIpc) is 3.04. The van der Waals surface area contributed by atoms with Gasteiger partial charge < -0.3 is 4.57 Å². The Balaban J connectivity index is 1.79. The summed E-state index contributed by atoms with van der Waals surface area (Å²) < 4.78 is 2.10. The van der Waals surface area contributed by atoms with Crippen LogP contribution in [-0.4, -0.2) is 19.7 Å². The highest BCUT2D eigenvalue weighted by Gasteiger charge is 2.14. The first-order valence-electron chi connectivity index (χ1n) is 8.13. The molecule has 1 heterocycles. The number of nitro groups is 1. The van der Waals surface area contributed by atoms with Gasteiger partial charge in [-0.3, -0.25) is 10.1 Å². The Labute approximate surface area is 160 Å². The molecule has 0 saturated heterocycles. The van der Waals surface area contributed by atoms with E-state index < -0.39 is 4.92 Å². The molecule has 0 fully saturated rings. The SMILES string of the molecule is CCCn1c(SCc2ccc([N+](=O)[O-])cc2)nnc1-c1ccc(Cl)cc1. The maximum atomic E-state index is 10.7. The van der Waals surface area contributed by atoms with Crippen LogP contribution in [0.1, 0.15) is 18.9 Å². The molecule has 0 aliphatic heterocycles. The van der Waals surface area contributed by atoms with Gasteiger partial charge in [-0.25, -0.2) is 0 Å². The van der Waals surface area contributed by atoms with Crippen molar-refractivity contribution in [3.05, 3.63) is 69.2 Å². The number of hydrogen-bond acceptors (Lipinski definition) is 5. The molecule has 1 aromatic heterocycles. The third kappa shape index (κ3) is 4.23. The van der Waals surface area contributed by atoms with Crippen LogP contribution in [0.25, 0.3) is 11.4 Å². The van der Waals surface area contributed by atoms with Crippen LogP contribution in [-0.2, 0) is 12.3 Å². The molecular weight excluding hydrogens is 372 g/mol. The van der Waals surface area contributed by atoms with Crippen LogP contribution in [0.15, 0.2) is 53.7 Å². The molecule has 134 valence electrons. The summed E-state index contributed by atoms with van der Waals surface area (Å²) in [6, 6.07) is 14.1. The summed E-state index contributed by atoms with van der Waals surface area (Å²) in [6.07, 6.45) is 0.962. The molecule has 0 spiro atoms. The summed E-state index contributed by atoms with van der Waals surface area (Å²) in [7, 11) is 0. The van der Waals surface area contributed by atoms with Gasteiger partial charge in [0.2, 0.25) is 0 Å². The van der Waals surface area contributed by atoms with E-state index in [-0.39, 0.29) is 5.69 Å². The molecule has 0 unspecified atom stereocenters. The Morgan fingerprint density at radius 1 is 1.12 bits per heavy atom. The molecule has 6 nitrogen and oxygen atoms in total. The maximum absolute atomic E-state index is 10.7. The van der Waals surface area contributed by atoms with Gasteiger partial charge in [0.25, 0.3) is 5.69 Å². The van der Waals surface area contributed by atoms with Gasteiger partial charge in [0.05, 0.1) is 4.92 Å². The molecule has 0 saturated carbocycles. The van der Waals surface area contributed by atoms with E-state index >= 15 is 0 Å². The number of rotatable bonds is 7. The molecule has 0 bridgehead atoms. The summed E-state index contributed by atoms with van der Waals surface area (Å²) in [5.41, 5.74) is 2.06. The normalized spacial score (nSPS) is 10.8. The second kappa shape index (κ2) is 8.33. The highest BCUT2D eigenvalue weighted by molar-refractivity contribution is 7.98. The fourth-order valence-electron chi connectivity index (χ4n) is 2.49. The van der Waals surface area contributed by atoms with E-state index in [1.807, 2.05) is 24.3 Å². The molecule has 0 radical (unpaired) electrons. The molecule has 2 aromatic carbocycles. The average molecular weight is 389 g/mol. The lowest BCUT2D eigenvalue weighted by atomic mass is 10.2. The van der Waals surface area contributed by atoms with Gasteiger partial charge in [-0.05, 0) is 36.2 Å². The smallest absolute Gasteiger partial charge is 0.269 e. The fourth-order valence-corrected chi connectivity index (χ4v) is 3.54. The minimum absolute atomic E-state index is 0.0953. The number of aromatic nitrogens is 3. The van der Waals surface area contributed by atoms with Crippen LogP contribution in [0.3, 0.4) is 0 Å². The van der Waals surface area contributed by atoms with Crippen LogP contribution in [0, 0.1) is 10.1 Å². The van der Waals surface area contributed by atoms with E-state index in [1.54, 1.807) is 23.9 Å². The molecular formula is C18H17ClN4O2S.